The number of rotatable bonds is 8. The Labute approximate surface area is 241 Å². The number of nitrogens with one attached hydrogen (secondary N) is 2. The second kappa shape index (κ2) is 12.7. The topological polar surface area (TPSA) is 119 Å². The Morgan fingerprint density at radius 3 is 2.12 bits per heavy atom. The lowest BCUT2D eigenvalue weighted by atomic mass is 10.0. The van der Waals surface area contributed by atoms with Gasteiger partial charge in [0, 0.05) is 54.6 Å². The van der Waals surface area contributed by atoms with Crippen molar-refractivity contribution < 1.29 is 23.1 Å². The molecule has 3 aromatic carbocycles. The molecule has 1 atom stereocenters. The summed E-state index contributed by atoms with van der Waals surface area (Å²) >= 11 is 0. The molecular formula is C31H36N4O5S. The number of hydrogen-bond donors (Lipinski definition) is 3. The third-order valence-electron chi connectivity index (χ3n) is 6.92. The molecule has 1 aliphatic rings. The normalized spacial score (nSPS) is 15.0. The molecule has 1 amide bonds. The zero-order valence-corrected chi connectivity index (χ0v) is 24.5. The highest BCUT2D eigenvalue weighted by atomic mass is 32.2. The summed E-state index contributed by atoms with van der Waals surface area (Å²) < 4.78 is 29.1. The number of nitrogens with zero attached hydrogens (tertiary/aromatic N) is 2. The minimum atomic E-state index is -3.91. The minimum Gasteiger partial charge on any atom is -0.480 e. The third kappa shape index (κ3) is 7.44. The van der Waals surface area contributed by atoms with Crippen molar-refractivity contribution in [1.29, 1.82) is 0 Å². The largest absolute Gasteiger partial charge is 0.480 e. The molecule has 1 heterocycles. The molecular weight excluding hydrogens is 540 g/mol. The molecule has 1 aliphatic heterocycles. The number of hydrogen-bond acceptors (Lipinski definition) is 5. The molecule has 1 saturated heterocycles. The van der Waals surface area contributed by atoms with Crippen LogP contribution in [0.3, 0.4) is 0 Å². The van der Waals surface area contributed by atoms with E-state index in [0.717, 1.165) is 27.6 Å². The first-order valence-corrected chi connectivity index (χ1v) is 15.1. The van der Waals surface area contributed by atoms with E-state index in [1.54, 1.807) is 13.8 Å². The van der Waals surface area contributed by atoms with Gasteiger partial charge >= 0.3 is 5.97 Å². The number of amides is 1. The summed E-state index contributed by atoms with van der Waals surface area (Å²) in [6.07, 6.45) is 0. The molecule has 1 fully saturated rings. The SMILES string of the molecule is CC(C)NC(=O)c1cccc2ccc(C#Cc3ccc(N4CCN(S(=O)(=O)NC(C(=O)O)C(C)C)CC4)cc3)cc12. The molecule has 3 aromatic rings. The Morgan fingerprint density at radius 2 is 1.51 bits per heavy atom. The van der Waals surface area contributed by atoms with Crippen molar-refractivity contribution in [2.45, 2.75) is 39.8 Å². The summed E-state index contributed by atoms with van der Waals surface area (Å²) in [5, 5.41) is 14.1. The molecule has 41 heavy (non-hydrogen) atoms. The predicted molar refractivity (Wildman–Crippen MR) is 161 cm³/mol. The first kappa shape index (κ1) is 30.1. The van der Waals surface area contributed by atoms with Crippen LogP contribution in [0.1, 0.15) is 49.2 Å². The van der Waals surface area contributed by atoms with E-state index in [-0.39, 0.29) is 31.0 Å². The number of carboxylic acid groups (broad SMARTS) is 1. The van der Waals surface area contributed by atoms with Gasteiger partial charge in [-0.1, -0.05) is 43.9 Å². The molecule has 0 bridgehead atoms. The summed E-state index contributed by atoms with van der Waals surface area (Å²) in [7, 11) is -3.91. The molecule has 10 heteroatoms. The van der Waals surface area contributed by atoms with Crippen LogP contribution in [0.25, 0.3) is 10.8 Å². The van der Waals surface area contributed by atoms with Gasteiger partial charge in [0.1, 0.15) is 6.04 Å². The highest BCUT2D eigenvalue weighted by Crippen LogP contribution is 2.22. The van der Waals surface area contributed by atoms with Crippen molar-refractivity contribution in [2.24, 2.45) is 5.92 Å². The number of anilines is 1. The standard InChI is InChI=1S/C31H36N4O5S/c1-21(2)29(31(37)38)33-41(39,40)35-18-16-34(17-19-35)26-14-11-23(12-15-26)8-9-24-10-13-25-6-5-7-27(28(25)20-24)30(36)32-22(3)4/h5-7,10-15,20-22,29,33H,16-19H2,1-4H3,(H,32,36)(H,37,38). The van der Waals surface area contributed by atoms with Crippen LogP contribution >= 0.6 is 0 Å². The molecule has 1 unspecified atom stereocenters. The van der Waals surface area contributed by atoms with Crippen LogP contribution in [-0.4, -0.2) is 68.0 Å². The van der Waals surface area contributed by atoms with Crippen LogP contribution in [0.5, 0.6) is 0 Å². The molecule has 0 aromatic heterocycles. The molecule has 0 aliphatic carbocycles. The van der Waals surface area contributed by atoms with Gasteiger partial charge in [-0.2, -0.15) is 17.4 Å². The van der Waals surface area contributed by atoms with Gasteiger partial charge in [-0.25, -0.2) is 0 Å². The van der Waals surface area contributed by atoms with Crippen LogP contribution < -0.4 is 14.9 Å². The average Bonchev–Trinajstić information content (AvgIpc) is 2.94. The van der Waals surface area contributed by atoms with E-state index in [9.17, 15) is 23.1 Å². The van der Waals surface area contributed by atoms with Crippen molar-refractivity contribution in [3.63, 3.8) is 0 Å². The van der Waals surface area contributed by atoms with Gasteiger partial charge in [0.2, 0.25) is 0 Å². The smallest absolute Gasteiger partial charge is 0.322 e. The number of fused-ring (bicyclic) bond motifs is 1. The van der Waals surface area contributed by atoms with Crippen molar-refractivity contribution >= 4 is 38.5 Å². The predicted octanol–water partition coefficient (Wildman–Crippen LogP) is 3.44. The van der Waals surface area contributed by atoms with Gasteiger partial charge < -0.3 is 15.3 Å². The maximum Gasteiger partial charge on any atom is 0.322 e. The van der Waals surface area contributed by atoms with Gasteiger partial charge in [-0.05, 0) is 73.0 Å². The quantitative estimate of drug-likeness (QED) is 0.354. The van der Waals surface area contributed by atoms with Crippen LogP contribution in [-0.2, 0) is 15.0 Å². The Morgan fingerprint density at radius 1 is 0.878 bits per heavy atom. The van der Waals surface area contributed by atoms with Gasteiger partial charge in [-0.15, -0.1) is 0 Å². The number of benzene rings is 3. The molecule has 0 radical (unpaired) electrons. The highest BCUT2D eigenvalue weighted by molar-refractivity contribution is 7.87. The van der Waals surface area contributed by atoms with Gasteiger partial charge in [0.05, 0.1) is 0 Å². The number of aliphatic carboxylic acids is 1. The fraction of sp³-hybridized carbons (Fsp3) is 0.355. The molecule has 4 rings (SSSR count). The van der Waals surface area contributed by atoms with E-state index in [0.29, 0.717) is 18.7 Å². The average molecular weight is 577 g/mol. The van der Waals surface area contributed by atoms with E-state index in [1.165, 1.54) is 4.31 Å². The maximum absolute atomic E-state index is 12.7. The summed E-state index contributed by atoms with van der Waals surface area (Å²) in [4.78, 5) is 26.2. The Balaban J connectivity index is 1.41. The second-order valence-corrected chi connectivity index (χ2v) is 12.4. The zero-order valence-electron chi connectivity index (χ0n) is 23.7. The van der Waals surface area contributed by atoms with E-state index in [1.807, 2.05) is 74.5 Å². The summed E-state index contributed by atoms with van der Waals surface area (Å²) in [6.45, 7) is 8.66. The van der Waals surface area contributed by atoms with E-state index in [4.69, 9.17) is 0 Å². The summed E-state index contributed by atoms with van der Waals surface area (Å²) in [5.74, 6) is 4.71. The third-order valence-corrected chi connectivity index (χ3v) is 8.51. The number of carbonyl (C=O) groups is 2. The monoisotopic (exact) mass is 576 g/mol. The van der Waals surface area contributed by atoms with E-state index in [2.05, 4.69) is 26.8 Å². The minimum absolute atomic E-state index is 0.0407. The fourth-order valence-corrected chi connectivity index (χ4v) is 6.17. The fourth-order valence-electron chi connectivity index (χ4n) is 4.68. The zero-order chi connectivity index (χ0) is 29.7. The maximum atomic E-state index is 12.7. The van der Waals surface area contributed by atoms with Crippen LogP contribution in [0.2, 0.25) is 0 Å². The number of piperazine rings is 1. The van der Waals surface area contributed by atoms with E-state index >= 15 is 0 Å². The van der Waals surface area contributed by atoms with Crippen molar-refractivity contribution in [1.82, 2.24) is 14.3 Å². The number of carbonyl (C=O) groups excluding carboxylic acids is 1. The molecule has 0 saturated carbocycles. The first-order chi connectivity index (χ1) is 19.4. The highest BCUT2D eigenvalue weighted by Gasteiger charge is 2.33. The molecule has 3 N–H and O–H groups in total. The summed E-state index contributed by atoms with van der Waals surface area (Å²) in [6, 6.07) is 18.2. The van der Waals surface area contributed by atoms with Crippen LogP contribution in [0.4, 0.5) is 5.69 Å². The second-order valence-electron chi connectivity index (χ2n) is 10.7. The first-order valence-electron chi connectivity index (χ1n) is 13.7. The van der Waals surface area contributed by atoms with Crippen molar-refractivity contribution in [2.75, 3.05) is 31.1 Å². The van der Waals surface area contributed by atoms with Gasteiger partial charge in [-0.3, -0.25) is 9.59 Å². The molecule has 0 spiro atoms. The van der Waals surface area contributed by atoms with Crippen LogP contribution in [0, 0.1) is 17.8 Å². The lowest BCUT2D eigenvalue weighted by Gasteiger charge is -2.36. The molecule has 216 valence electrons. The van der Waals surface area contributed by atoms with Gasteiger partial charge in [0.25, 0.3) is 16.1 Å². The van der Waals surface area contributed by atoms with Crippen molar-refractivity contribution in [3.05, 3.63) is 77.4 Å². The van der Waals surface area contributed by atoms with E-state index < -0.39 is 22.2 Å². The Hall–Kier alpha value is -3.91. The molecule has 9 nitrogen and oxygen atoms in total. The van der Waals surface area contributed by atoms with Crippen LogP contribution in [0.15, 0.2) is 60.7 Å². The lowest BCUT2D eigenvalue weighted by molar-refractivity contribution is -0.140. The van der Waals surface area contributed by atoms with Crippen molar-refractivity contribution in [3.8, 4) is 11.8 Å². The Bertz CT molecular complexity index is 1580. The lowest BCUT2D eigenvalue weighted by Crippen LogP contribution is -2.55. The van der Waals surface area contributed by atoms with Gasteiger partial charge in [0.15, 0.2) is 0 Å². The number of carboxylic acids is 1. The summed E-state index contributed by atoms with van der Waals surface area (Å²) in [5.41, 5.74) is 3.21. The Kier molecular flexibility index (Phi) is 9.33.